The minimum absolute atomic E-state index is 0.186. The molecule has 1 amide bonds. The molecule has 3 saturated heterocycles. The van der Waals surface area contributed by atoms with Gasteiger partial charge in [-0.25, -0.2) is 24.4 Å². The first-order chi connectivity index (χ1) is 19.8. The van der Waals surface area contributed by atoms with Crippen molar-refractivity contribution in [3.05, 3.63) is 22.4 Å². The Labute approximate surface area is 247 Å². The lowest BCUT2D eigenvalue weighted by Crippen LogP contribution is -2.54. The van der Waals surface area contributed by atoms with Gasteiger partial charge in [0.1, 0.15) is 17.0 Å². The molecule has 3 N–H and O–H groups in total. The summed E-state index contributed by atoms with van der Waals surface area (Å²) < 4.78 is 13.8. The van der Waals surface area contributed by atoms with Crippen molar-refractivity contribution < 1.29 is 19.4 Å². The van der Waals surface area contributed by atoms with E-state index >= 15 is 0 Å². The van der Waals surface area contributed by atoms with Crippen LogP contribution in [0.1, 0.15) is 52.2 Å². The molecule has 1 unspecified atom stereocenters. The number of hydrogen-bond acceptors (Lipinski definition) is 9. The summed E-state index contributed by atoms with van der Waals surface area (Å²) in [5, 5.41) is 21.0. The van der Waals surface area contributed by atoms with Gasteiger partial charge >= 0.3 is 6.09 Å². The van der Waals surface area contributed by atoms with Gasteiger partial charge in [-0.1, -0.05) is 23.2 Å². The predicted octanol–water partition coefficient (Wildman–Crippen LogP) is 4.97. The third kappa shape index (κ3) is 5.15. The molecule has 3 aliphatic heterocycles. The fraction of sp³-hybridized carbons (Fsp3) is 0.593. The molecule has 6 heterocycles. The summed E-state index contributed by atoms with van der Waals surface area (Å²) in [5.74, 6) is 1.14. The van der Waals surface area contributed by atoms with Crippen molar-refractivity contribution in [3.63, 3.8) is 0 Å². The second-order valence-corrected chi connectivity index (χ2v) is 11.7. The van der Waals surface area contributed by atoms with E-state index in [1.807, 2.05) is 24.6 Å². The van der Waals surface area contributed by atoms with Crippen LogP contribution in [0.2, 0.25) is 10.2 Å². The number of amides is 1. The maximum atomic E-state index is 11.5. The van der Waals surface area contributed by atoms with Crippen LogP contribution in [0.4, 0.5) is 16.4 Å². The highest BCUT2D eigenvalue weighted by Crippen LogP contribution is 2.44. The lowest BCUT2D eigenvalue weighted by molar-refractivity contribution is -0.0368. The van der Waals surface area contributed by atoms with Gasteiger partial charge in [0, 0.05) is 43.4 Å². The lowest BCUT2D eigenvalue weighted by atomic mass is 9.73. The molecule has 3 atom stereocenters. The number of carboxylic acid groups (broad SMARTS) is 1. The molecule has 6 rings (SSSR count). The number of ether oxygens (including phenoxy) is 2. The van der Waals surface area contributed by atoms with Crippen LogP contribution < -0.4 is 15.5 Å². The molecule has 1 spiro atoms. The fourth-order valence-corrected chi connectivity index (χ4v) is 6.85. The van der Waals surface area contributed by atoms with E-state index in [2.05, 4.69) is 20.5 Å². The summed E-state index contributed by atoms with van der Waals surface area (Å²) in [6.45, 7) is 7.01. The zero-order chi connectivity index (χ0) is 28.7. The molecular formula is C27H34Cl2N8O4. The zero-order valence-corrected chi connectivity index (χ0v) is 24.6. The number of carbonyl (C=O) groups is 1. The summed E-state index contributed by atoms with van der Waals surface area (Å²) in [6, 6.07) is 1.55. The van der Waals surface area contributed by atoms with Crippen LogP contribution in [0.15, 0.2) is 12.3 Å². The Morgan fingerprint density at radius 1 is 1.22 bits per heavy atom. The smallest absolute Gasteiger partial charge is 0.404 e. The van der Waals surface area contributed by atoms with E-state index in [1.54, 1.807) is 6.20 Å². The molecule has 3 aromatic rings. The number of rotatable bonds is 6. The van der Waals surface area contributed by atoms with Crippen LogP contribution in [-0.4, -0.2) is 80.9 Å². The Hall–Kier alpha value is -2.93. The fourth-order valence-electron chi connectivity index (χ4n) is 6.34. The summed E-state index contributed by atoms with van der Waals surface area (Å²) >= 11 is 13.6. The van der Waals surface area contributed by atoms with E-state index in [0.29, 0.717) is 71.9 Å². The molecule has 12 nitrogen and oxygen atoms in total. The molecule has 3 aliphatic rings. The van der Waals surface area contributed by atoms with E-state index in [4.69, 9.17) is 47.7 Å². The largest absolute Gasteiger partial charge is 0.465 e. The van der Waals surface area contributed by atoms with Crippen molar-refractivity contribution in [3.8, 4) is 11.3 Å². The van der Waals surface area contributed by atoms with Crippen LogP contribution >= 0.6 is 23.2 Å². The number of hydrogen-bond donors (Lipinski definition) is 3. The second-order valence-electron chi connectivity index (χ2n) is 11.0. The van der Waals surface area contributed by atoms with Crippen molar-refractivity contribution >= 4 is 52.1 Å². The normalized spacial score (nSPS) is 24.2. The van der Waals surface area contributed by atoms with Gasteiger partial charge in [0.2, 0.25) is 0 Å². The van der Waals surface area contributed by atoms with Gasteiger partial charge in [0.25, 0.3) is 0 Å². The van der Waals surface area contributed by atoms with Crippen LogP contribution in [0.25, 0.3) is 22.4 Å². The number of halogens is 2. The number of pyridine rings is 1. The first-order valence-electron chi connectivity index (χ1n) is 14.1. The Bertz CT molecular complexity index is 1440. The molecule has 41 heavy (non-hydrogen) atoms. The Morgan fingerprint density at radius 3 is 2.73 bits per heavy atom. The summed E-state index contributed by atoms with van der Waals surface area (Å²) in [4.78, 5) is 27.8. The predicted molar refractivity (Wildman–Crippen MR) is 156 cm³/mol. The molecule has 14 heteroatoms. The average Bonchev–Trinajstić information content (AvgIpc) is 3.48. The molecule has 0 radical (unpaired) electrons. The topological polar surface area (TPSA) is 140 Å². The monoisotopic (exact) mass is 604 g/mol. The minimum atomic E-state index is -1.03. The van der Waals surface area contributed by atoms with E-state index in [1.165, 1.54) is 0 Å². The maximum Gasteiger partial charge on any atom is 0.404 e. The van der Waals surface area contributed by atoms with Gasteiger partial charge in [-0.15, -0.1) is 0 Å². The lowest BCUT2D eigenvalue weighted by Gasteiger charge is -2.42. The number of fused-ring (bicyclic) bond motifs is 1. The summed E-state index contributed by atoms with van der Waals surface area (Å²) in [6.07, 6.45) is 4.49. The van der Waals surface area contributed by atoms with Crippen LogP contribution in [0.5, 0.6) is 0 Å². The average molecular weight is 606 g/mol. The number of nitrogens with zero attached hydrogens (tertiary/aromatic N) is 6. The number of anilines is 2. The van der Waals surface area contributed by atoms with Gasteiger partial charge in [0.15, 0.2) is 22.8 Å². The third-order valence-corrected chi connectivity index (χ3v) is 9.12. The van der Waals surface area contributed by atoms with Crippen LogP contribution in [0.3, 0.4) is 0 Å². The van der Waals surface area contributed by atoms with Gasteiger partial charge < -0.3 is 30.1 Å². The number of piperidine rings is 1. The van der Waals surface area contributed by atoms with E-state index in [0.717, 1.165) is 32.1 Å². The highest BCUT2D eigenvalue weighted by atomic mass is 35.5. The molecule has 0 saturated carbocycles. The van der Waals surface area contributed by atoms with E-state index < -0.39 is 6.09 Å². The highest BCUT2D eigenvalue weighted by Gasteiger charge is 2.50. The van der Waals surface area contributed by atoms with Crippen molar-refractivity contribution in [2.24, 2.45) is 5.41 Å². The summed E-state index contributed by atoms with van der Waals surface area (Å²) in [5.41, 5.74) is 2.10. The van der Waals surface area contributed by atoms with Crippen molar-refractivity contribution in [1.82, 2.24) is 30.0 Å². The number of aromatic nitrogens is 5. The Balaban J connectivity index is 1.37. The van der Waals surface area contributed by atoms with Gasteiger partial charge in [0.05, 0.1) is 23.8 Å². The quantitative estimate of drug-likeness (QED) is 0.353. The second kappa shape index (κ2) is 11.4. The van der Waals surface area contributed by atoms with Gasteiger partial charge in [-0.05, 0) is 52.0 Å². The SMILES string of the molecule is CCNc1nccc(-c2nn(C3CCCCO3)c3nc(N4CCC5(CC4)CO[C@@H](C)[C@H]5NC(=O)O)c(Cl)nc23)c1Cl. The van der Waals surface area contributed by atoms with Gasteiger partial charge in [-0.2, -0.15) is 5.10 Å². The maximum absolute atomic E-state index is 11.5. The summed E-state index contributed by atoms with van der Waals surface area (Å²) in [7, 11) is 0. The molecule has 0 aliphatic carbocycles. The van der Waals surface area contributed by atoms with E-state index in [9.17, 15) is 9.90 Å². The first-order valence-corrected chi connectivity index (χ1v) is 14.9. The molecule has 0 aromatic carbocycles. The molecular weight excluding hydrogens is 571 g/mol. The third-order valence-electron chi connectivity index (χ3n) is 8.48. The van der Waals surface area contributed by atoms with Gasteiger partial charge in [-0.3, -0.25) is 0 Å². The Morgan fingerprint density at radius 2 is 2.02 bits per heavy atom. The van der Waals surface area contributed by atoms with E-state index in [-0.39, 0.29) is 28.9 Å². The standard InChI is InChI=1S/C27H34Cl2N8O4/c1-3-30-23-18(28)16(7-10-31-23)19-20-24(37(35-19)17-6-4-5-13-40-17)34-25(22(29)32-20)36-11-8-27(9-12-36)14-41-15(2)21(27)33-26(38)39/h7,10,15,17,21,33H,3-6,8-9,11-14H2,1-2H3,(H,30,31)(H,38,39)/t15-,17?,21+/m0/s1. The molecule has 3 fully saturated rings. The molecule has 0 bridgehead atoms. The molecule has 220 valence electrons. The van der Waals surface area contributed by atoms with Crippen LogP contribution in [0, 0.1) is 5.41 Å². The minimum Gasteiger partial charge on any atom is -0.465 e. The van der Waals surface area contributed by atoms with Crippen molar-refractivity contribution in [2.45, 2.75) is 64.3 Å². The van der Waals surface area contributed by atoms with Crippen molar-refractivity contribution in [1.29, 1.82) is 0 Å². The number of nitrogens with one attached hydrogen (secondary N) is 2. The van der Waals surface area contributed by atoms with Crippen molar-refractivity contribution in [2.75, 3.05) is 43.1 Å². The Kier molecular flexibility index (Phi) is 7.84. The first kappa shape index (κ1) is 28.2. The highest BCUT2D eigenvalue weighted by molar-refractivity contribution is 6.36. The zero-order valence-electron chi connectivity index (χ0n) is 23.1. The van der Waals surface area contributed by atoms with Crippen LogP contribution in [-0.2, 0) is 9.47 Å². The molecule has 3 aromatic heterocycles.